The highest BCUT2D eigenvalue weighted by Crippen LogP contribution is 2.24. The third kappa shape index (κ3) is 3.31. The molecular formula is C17H14N4O2S. The van der Waals surface area contributed by atoms with Gasteiger partial charge in [0.15, 0.2) is 0 Å². The summed E-state index contributed by atoms with van der Waals surface area (Å²) in [5, 5.41) is 5.05. The fraction of sp³-hybridized carbons (Fsp3) is 0.0588. The predicted molar refractivity (Wildman–Crippen MR) is 93.0 cm³/mol. The van der Waals surface area contributed by atoms with E-state index in [4.69, 9.17) is 5.73 Å². The molecule has 0 saturated heterocycles. The van der Waals surface area contributed by atoms with Crippen LogP contribution in [0, 0.1) is 6.92 Å². The van der Waals surface area contributed by atoms with Gasteiger partial charge in [0.1, 0.15) is 10.7 Å². The van der Waals surface area contributed by atoms with Gasteiger partial charge in [0.05, 0.1) is 11.3 Å². The normalized spacial score (nSPS) is 10.4. The smallest absolute Gasteiger partial charge is 0.275 e. The molecule has 2 heterocycles. The molecule has 0 spiro atoms. The second-order valence-corrected chi connectivity index (χ2v) is 6.01. The number of nitrogens with two attached hydrogens (primary N) is 1. The Morgan fingerprint density at radius 2 is 2.08 bits per heavy atom. The van der Waals surface area contributed by atoms with Crippen molar-refractivity contribution >= 4 is 28.8 Å². The molecule has 24 heavy (non-hydrogen) atoms. The van der Waals surface area contributed by atoms with Gasteiger partial charge in [-0.2, -0.15) is 0 Å². The highest BCUT2D eigenvalue weighted by atomic mass is 32.1. The molecule has 0 aliphatic rings. The summed E-state index contributed by atoms with van der Waals surface area (Å²) in [6.45, 7) is 1.85. The van der Waals surface area contributed by atoms with Crippen LogP contribution < -0.4 is 11.1 Å². The fourth-order valence-corrected chi connectivity index (χ4v) is 2.95. The van der Waals surface area contributed by atoms with Crippen LogP contribution in [0.15, 0.2) is 48.1 Å². The summed E-state index contributed by atoms with van der Waals surface area (Å²) in [5.41, 5.74) is 8.01. The first-order valence-corrected chi connectivity index (χ1v) is 8.00. The number of benzene rings is 1. The molecular weight excluding hydrogens is 324 g/mol. The van der Waals surface area contributed by atoms with E-state index < -0.39 is 11.8 Å². The van der Waals surface area contributed by atoms with E-state index in [1.165, 1.54) is 11.3 Å². The van der Waals surface area contributed by atoms with Crippen molar-refractivity contribution in [1.82, 2.24) is 9.97 Å². The minimum Gasteiger partial charge on any atom is -0.366 e. The number of aromatic nitrogens is 2. The Labute approximate surface area is 142 Å². The third-order valence-corrected chi connectivity index (χ3v) is 4.23. The number of hydrogen-bond acceptors (Lipinski definition) is 5. The first kappa shape index (κ1) is 15.8. The number of pyridine rings is 1. The molecule has 0 aliphatic carbocycles. The number of thiazole rings is 1. The third-order valence-electron chi connectivity index (χ3n) is 3.33. The zero-order chi connectivity index (χ0) is 17.1. The number of primary amides is 1. The Morgan fingerprint density at radius 3 is 2.79 bits per heavy atom. The van der Waals surface area contributed by atoms with Crippen molar-refractivity contribution in [3.8, 4) is 10.6 Å². The van der Waals surface area contributed by atoms with Gasteiger partial charge in [0.25, 0.3) is 11.8 Å². The zero-order valence-corrected chi connectivity index (χ0v) is 13.6. The number of anilines is 1. The number of hydrogen-bond donors (Lipinski definition) is 2. The second-order valence-electron chi connectivity index (χ2n) is 5.15. The van der Waals surface area contributed by atoms with Crippen molar-refractivity contribution in [3.63, 3.8) is 0 Å². The first-order valence-electron chi connectivity index (χ1n) is 7.12. The van der Waals surface area contributed by atoms with Gasteiger partial charge >= 0.3 is 0 Å². The van der Waals surface area contributed by atoms with Gasteiger partial charge in [-0.15, -0.1) is 11.3 Å². The molecule has 6 nitrogen and oxygen atoms in total. The molecule has 120 valence electrons. The van der Waals surface area contributed by atoms with Crippen LogP contribution in [0.4, 0.5) is 5.69 Å². The van der Waals surface area contributed by atoms with Gasteiger partial charge < -0.3 is 11.1 Å². The number of nitrogens with zero attached hydrogens (tertiary/aromatic N) is 2. The molecule has 0 atom stereocenters. The van der Waals surface area contributed by atoms with Crippen LogP contribution in [0.2, 0.25) is 0 Å². The molecule has 0 bridgehead atoms. The average molecular weight is 338 g/mol. The van der Waals surface area contributed by atoms with Gasteiger partial charge in [-0.05, 0) is 31.2 Å². The number of amides is 2. The van der Waals surface area contributed by atoms with Crippen LogP contribution in [0.1, 0.15) is 26.4 Å². The number of nitrogens with one attached hydrogen (secondary N) is 1. The topological polar surface area (TPSA) is 98.0 Å². The maximum absolute atomic E-state index is 12.4. The van der Waals surface area contributed by atoms with Crippen molar-refractivity contribution in [3.05, 3.63) is 64.9 Å². The van der Waals surface area contributed by atoms with E-state index in [1.54, 1.807) is 36.0 Å². The first-order chi connectivity index (χ1) is 11.5. The number of carbonyl (C=O) groups excluding carboxylic acids is 2. The summed E-state index contributed by atoms with van der Waals surface area (Å²) in [7, 11) is 0. The molecule has 7 heteroatoms. The highest BCUT2D eigenvalue weighted by molar-refractivity contribution is 7.13. The zero-order valence-electron chi connectivity index (χ0n) is 12.8. The van der Waals surface area contributed by atoms with Crippen LogP contribution in [-0.2, 0) is 0 Å². The Kier molecular flexibility index (Phi) is 4.35. The lowest BCUT2D eigenvalue weighted by Gasteiger charge is -2.08. The Balaban J connectivity index is 1.84. The van der Waals surface area contributed by atoms with Gasteiger partial charge in [0.2, 0.25) is 0 Å². The summed E-state index contributed by atoms with van der Waals surface area (Å²) in [5.74, 6) is -0.990. The number of aryl methyl sites for hydroxylation is 1. The molecule has 0 fully saturated rings. The van der Waals surface area contributed by atoms with Gasteiger partial charge in [-0.3, -0.25) is 14.6 Å². The van der Waals surface area contributed by atoms with Crippen molar-refractivity contribution in [2.24, 2.45) is 5.73 Å². The van der Waals surface area contributed by atoms with Crippen LogP contribution >= 0.6 is 11.3 Å². The quantitative estimate of drug-likeness (QED) is 0.764. The van der Waals surface area contributed by atoms with E-state index in [0.717, 1.165) is 11.1 Å². The molecule has 3 rings (SSSR count). The standard InChI is InChI=1S/C17H14N4O2S/c1-10-4-5-13(12(7-10)15(18)22)20-16(23)14-9-24-17(21-14)11-3-2-6-19-8-11/h2-9H,1H3,(H2,18,22)(H,20,23). The molecule has 0 aliphatic heterocycles. The summed E-state index contributed by atoms with van der Waals surface area (Å²) in [6, 6.07) is 8.77. The monoisotopic (exact) mass is 338 g/mol. The SMILES string of the molecule is Cc1ccc(NC(=O)c2csc(-c3cccnc3)n2)c(C(N)=O)c1. The molecule has 1 aromatic carbocycles. The summed E-state index contributed by atoms with van der Waals surface area (Å²) < 4.78 is 0. The Hall–Kier alpha value is -3.06. The van der Waals surface area contributed by atoms with Crippen molar-refractivity contribution in [1.29, 1.82) is 0 Å². The second kappa shape index (κ2) is 6.59. The molecule has 0 saturated carbocycles. The molecule has 0 radical (unpaired) electrons. The van der Waals surface area contributed by atoms with E-state index >= 15 is 0 Å². The minimum atomic E-state index is -0.594. The van der Waals surface area contributed by atoms with E-state index in [-0.39, 0.29) is 11.3 Å². The molecule has 2 amide bonds. The highest BCUT2D eigenvalue weighted by Gasteiger charge is 2.15. The van der Waals surface area contributed by atoms with Crippen LogP contribution in [0.3, 0.4) is 0 Å². The lowest BCUT2D eigenvalue weighted by atomic mass is 10.1. The molecule has 3 N–H and O–H groups in total. The fourth-order valence-electron chi connectivity index (χ4n) is 2.16. The average Bonchev–Trinajstić information content (AvgIpc) is 3.07. The van der Waals surface area contributed by atoms with E-state index in [1.807, 2.05) is 19.1 Å². The van der Waals surface area contributed by atoms with Gasteiger partial charge in [0, 0.05) is 23.3 Å². The minimum absolute atomic E-state index is 0.270. The van der Waals surface area contributed by atoms with E-state index in [9.17, 15) is 9.59 Å². The molecule has 0 unspecified atom stereocenters. The van der Waals surface area contributed by atoms with E-state index in [0.29, 0.717) is 10.7 Å². The van der Waals surface area contributed by atoms with Gasteiger partial charge in [-0.1, -0.05) is 11.6 Å². The summed E-state index contributed by atoms with van der Waals surface area (Å²) in [6.07, 6.45) is 3.36. The van der Waals surface area contributed by atoms with Crippen LogP contribution in [0.25, 0.3) is 10.6 Å². The lowest BCUT2D eigenvalue weighted by molar-refractivity contribution is 0.100. The number of carbonyl (C=O) groups is 2. The maximum Gasteiger partial charge on any atom is 0.275 e. The summed E-state index contributed by atoms with van der Waals surface area (Å²) in [4.78, 5) is 32.3. The lowest BCUT2D eigenvalue weighted by Crippen LogP contribution is -2.18. The number of rotatable bonds is 4. The van der Waals surface area contributed by atoms with E-state index in [2.05, 4.69) is 15.3 Å². The Bertz CT molecular complexity index is 906. The maximum atomic E-state index is 12.4. The van der Waals surface area contributed by atoms with Crippen molar-refractivity contribution in [2.45, 2.75) is 6.92 Å². The van der Waals surface area contributed by atoms with Crippen LogP contribution in [-0.4, -0.2) is 21.8 Å². The molecule has 3 aromatic rings. The summed E-state index contributed by atoms with van der Waals surface area (Å²) >= 11 is 1.35. The largest absolute Gasteiger partial charge is 0.366 e. The van der Waals surface area contributed by atoms with Crippen molar-refractivity contribution < 1.29 is 9.59 Å². The van der Waals surface area contributed by atoms with Gasteiger partial charge in [-0.25, -0.2) is 4.98 Å². The Morgan fingerprint density at radius 1 is 1.25 bits per heavy atom. The van der Waals surface area contributed by atoms with Crippen LogP contribution in [0.5, 0.6) is 0 Å². The van der Waals surface area contributed by atoms with Crippen molar-refractivity contribution in [2.75, 3.05) is 5.32 Å². The molecule has 2 aromatic heterocycles. The predicted octanol–water partition coefficient (Wildman–Crippen LogP) is 2.86.